The summed E-state index contributed by atoms with van der Waals surface area (Å²) in [5.41, 5.74) is 1.95. The Kier molecular flexibility index (Phi) is 6.68. The van der Waals surface area contributed by atoms with Gasteiger partial charge in [0.2, 0.25) is 5.91 Å². The number of aryl methyl sites for hydroxylation is 1. The minimum absolute atomic E-state index is 0.0368. The van der Waals surface area contributed by atoms with E-state index >= 15 is 0 Å². The van der Waals surface area contributed by atoms with Gasteiger partial charge in [-0.15, -0.1) is 10.2 Å². The number of ether oxygens (including phenoxy) is 1. The van der Waals surface area contributed by atoms with E-state index in [1.807, 2.05) is 42.7 Å². The molecule has 30 heavy (non-hydrogen) atoms. The van der Waals surface area contributed by atoms with Gasteiger partial charge >= 0.3 is 0 Å². The van der Waals surface area contributed by atoms with Gasteiger partial charge in [-0.2, -0.15) is 0 Å². The Morgan fingerprint density at radius 1 is 1.27 bits per heavy atom. The van der Waals surface area contributed by atoms with E-state index in [0.717, 1.165) is 17.0 Å². The topological polar surface area (TPSA) is 112 Å². The summed E-state index contributed by atoms with van der Waals surface area (Å²) in [7, 11) is 1.42. The fourth-order valence-electron chi connectivity index (χ4n) is 2.92. The van der Waals surface area contributed by atoms with Crippen LogP contribution in [-0.4, -0.2) is 38.5 Å². The zero-order valence-electron chi connectivity index (χ0n) is 16.8. The van der Waals surface area contributed by atoms with Crippen LogP contribution in [0.4, 0.5) is 11.4 Å². The summed E-state index contributed by atoms with van der Waals surface area (Å²) in [5, 5.41) is 23.0. The summed E-state index contributed by atoms with van der Waals surface area (Å²) in [5.74, 6) is 0.740. The van der Waals surface area contributed by atoms with E-state index in [1.54, 1.807) is 6.07 Å². The molecule has 1 amide bonds. The minimum atomic E-state index is -0.562. The van der Waals surface area contributed by atoms with Crippen LogP contribution in [0, 0.1) is 17.0 Å². The maximum atomic E-state index is 12.4. The lowest BCUT2D eigenvalue weighted by molar-refractivity contribution is -0.384. The molecule has 156 valence electrons. The third-order valence-electron chi connectivity index (χ3n) is 4.43. The Labute approximate surface area is 177 Å². The predicted octanol–water partition coefficient (Wildman–Crippen LogP) is 3.92. The van der Waals surface area contributed by atoms with Crippen molar-refractivity contribution >= 4 is 29.0 Å². The molecule has 0 atom stereocenters. The van der Waals surface area contributed by atoms with Crippen LogP contribution in [0.25, 0.3) is 11.4 Å². The highest BCUT2D eigenvalue weighted by Crippen LogP contribution is 2.30. The summed E-state index contributed by atoms with van der Waals surface area (Å²) >= 11 is 1.23. The molecule has 9 nitrogen and oxygen atoms in total. The molecule has 0 aliphatic carbocycles. The number of carbonyl (C=O) groups is 1. The van der Waals surface area contributed by atoms with E-state index in [1.165, 1.54) is 31.0 Å². The molecule has 0 fully saturated rings. The van der Waals surface area contributed by atoms with Crippen molar-refractivity contribution < 1.29 is 14.5 Å². The number of anilines is 1. The number of nitro groups is 1. The van der Waals surface area contributed by atoms with Gasteiger partial charge in [0.05, 0.1) is 23.9 Å². The fourth-order valence-corrected chi connectivity index (χ4v) is 3.72. The van der Waals surface area contributed by atoms with Gasteiger partial charge in [-0.3, -0.25) is 14.9 Å². The van der Waals surface area contributed by atoms with Crippen molar-refractivity contribution in [1.82, 2.24) is 14.8 Å². The average molecular weight is 427 g/mol. The van der Waals surface area contributed by atoms with Gasteiger partial charge < -0.3 is 14.6 Å². The molecule has 0 saturated carbocycles. The molecule has 1 aromatic heterocycles. The number of aromatic nitrogens is 3. The number of rotatable bonds is 8. The molecule has 0 aliphatic heterocycles. The van der Waals surface area contributed by atoms with E-state index in [0.29, 0.717) is 17.5 Å². The molecule has 1 N–H and O–H groups in total. The number of methoxy groups -OCH3 is 1. The second kappa shape index (κ2) is 9.40. The van der Waals surface area contributed by atoms with Crippen molar-refractivity contribution in [1.29, 1.82) is 0 Å². The Morgan fingerprint density at radius 3 is 2.70 bits per heavy atom. The van der Waals surface area contributed by atoms with Crippen molar-refractivity contribution in [2.75, 3.05) is 18.2 Å². The van der Waals surface area contributed by atoms with Gasteiger partial charge in [0, 0.05) is 12.1 Å². The van der Waals surface area contributed by atoms with Crippen molar-refractivity contribution in [3.8, 4) is 17.1 Å². The average Bonchev–Trinajstić information content (AvgIpc) is 3.15. The number of benzene rings is 2. The quantitative estimate of drug-likeness (QED) is 0.329. The monoisotopic (exact) mass is 427 g/mol. The number of carbonyl (C=O) groups excluding carboxylic acids is 1. The molecule has 0 radical (unpaired) electrons. The first kappa shape index (κ1) is 21.3. The zero-order valence-corrected chi connectivity index (χ0v) is 17.6. The summed E-state index contributed by atoms with van der Waals surface area (Å²) in [6.45, 7) is 4.63. The first-order valence-corrected chi connectivity index (χ1v) is 10.2. The molecule has 0 bridgehead atoms. The lowest BCUT2D eigenvalue weighted by Gasteiger charge is -2.10. The van der Waals surface area contributed by atoms with E-state index in [2.05, 4.69) is 15.5 Å². The van der Waals surface area contributed by atoms with E-state index in [4.69, 9.17) is 4.74 Å². The third kappa shape index (κ3) is 4.60. The molecular weight excluding hydrogens is 406 g/mol. The lowest BCUT2D eigenvalue weighted by atomic mass is 10.1. The van der Waals surface area contributed by atoms with Crippen LogP contribution in [0.2, 0.25) is 0 Å². The van der Waals surface area contributed by atoms with Gasteiger partial charge in [-0.05, 0) is 31.5 Å². The molecule has 0 aliphatic rings. The van der Waals surface area contributed by atoms with Crippen LogP contribution in [0.15, 0.2) is 47.6 Å². The number of nitrogens with one attached hydrogen (secondary N) is 1. The van der Waals surface area contributed by atoms with Crippen LogP contribution in [-0.2, 0) is 11.3 Å². The van der Waals surface area contributed by atoms with Gasteiger partial charge in [0.1, 0.15) is 11.4 Å². The molecule has 0 unspecified atom stereocenters. The summed E-state index contributed by atoms with van der Waals surface area (Å²) in [4.78, 5) is 23.1. The molecule has 2 aromatic carbocycles. The largest absolute Gasteiger partial charge is 0.496 e. The summed E-state index contributed by atoms with van der Waals surface area (Å²) < 4.78 is 6.94. The Morgan fingerprint density at radius 2 is 2.03 bits per heavy atom. The van der Waals surface area contributed by atoms with Crippen LogP contribution < -0.4 is 10.1 Å². The van der Waals surface area contributed by atoms with Gasteiger partial charge in [0.25, 0.3) is 5.69 Å². The van der Waals surface area contributed by atoms with Gasteiger partial charge in [-0.25, -0.2) is 0 Å². The van der Waals surface area contributed by atoms with Crippen LogP contribution in [0.5, 0.6) is 5.75 Å². The van der Waals surface area contributed by atoms with Crippen molar-refractivity contribution in [3.63, 3.8) is 0 Å². The SMILES string of the molecule is CCn1c(SCC(=O)Nc2ccc(OC)cc2[N+](=O)[O-])nnc1-c1ccccc1C. The van der Waals surface area contributed by atoms with Gasteiger partial charge in [-0.1, -0.05) is 36.0 Å². The van der Waals surface area contributed by atoms with Gasteiger partial charge in [0.15, 0.2) is 11.0 Å². The van der Waals surface area contributed by atoms with Crippen LogP contribution in [0.3, 0.4) is 0 Å². The molecule has 10 heteroatoms. The Balaban J connectivity index is 1.73. The zero-order chi connectivity index (χ0) is 21.7. The number of thioether (sulfide) groups is 1. The predicted molar refractivity (Wildman–Crippen MR) is 115 cm³/mol. The van der Waals surface area contributed by atoms with E-state index < -0.39 is 4.92 Å². The molecule has 3 rings (SSSR count). The summed E-state index contributed by atoms with van der Waals surface area (Å²) in [6.07, 6.45) is 0. The van der Waals surface area contributed by atoms with Crippen LogP contribution >= 0.6 is 11.8 Å². The number of amides is 1. The lowest BCUT2D eigenvalue weighted by Crippen LogP contribution is -2.15. The number of hydrogen-bond donors (Lipinski definition) is 1. The Bertz CT molecular complexity index is 1080. The van der Waals surface area contributed by atoms with E-state index in [9.17, 15) is 14.9 Å². The molecule has 0 spiro atoms. The maximum absolute atomic E-state index is 12.4. The molecule has 1 heterocycles. The highest BCUT2D eigenvalue weighted by Gasteiger charge is 2.19. The first-order valence-electron chi connectivity index (χ1n) is 9.18. The normalized spacial score (nSPS) is 10.6. The van der Waals surface area contributed by atoms with Crippen molar-refractivity contribution in [2.45, 2.75) is 25.5 Å². The fraction of sp³-hybridized carbons (Fsp3) is 0.250. The molecular formula is C20H21N5O4S. The molecule has 0 saturated heterocycles. The van der Waals surface area contributed by atoms with Crippen molar-refractivity contribution in [2.24, 2.45) is 0 Å². The number of nitro benzene ring substituents is 1. The second-order valence-corrected chi connectivity index (χ2v) is 7.28. The van der Waals surface area contributed by atoms with Crippen molar-refractivity contribution in [3.05, 3.63) is 58.1 Å². The highest BCUT2D eigenvalue weighted by atomic mass is 32.2. The smallest absolute Gasteiger partial charge is 0.296 e. The number of nitrogens with zero attached hydrogens (tertiary/aromatic N) is 4. The summed E-state index contributed by atoms with van der Waals surface area (Å²) in [6, 6.07) is 12.2. The maximum Gasteiger partial charge on any atom is 0.296 e. The second-order valence-electron chi connectivity index (χ2n) is 6.34. The first-order chi connectivity index (χ1) is 14.4. The van der Waals surface area contributed by atoms with Crippen LogP contribution in [0.1, 0.15) is 12.5 Å². The Hall–Kier alpha value is -3.40. The standard InChI is InChI=1S/C20H21N5O4S/c1-4-24-19(15-8-6-5-7-13(15)2)22-23-20(24)30-12-18(26)21-16-10-9-14(29-3)11-17(16)25(27)28/h5-11H,4,12H2,1-3H3,(H,21,26). The highest BCUT2D eigenvalue weighted by molar-refractivity contribution is 7.99. The number of hydrogen-bond acceptors (Lipinski definition) is 7. The third-order valence-corrected chi connectivity index (χ3v) is 5.39. The van der Waals surface area contributed by atoms with E-state index in [-0.39, 0.29) is 23.0 Å². The minimum Gasteiger partial charge on any atom is -0.496 e. The molecule has 3 aromatic rings.